The Labute approximate surface area is 131 Å². The summed E-state index contributed by atoms with van der Waals surface area (Å²) in [4.78, 5) is 0. The van der Waals surface area contributed by atoms with Crippen molar-refractivity contribution >= 4 is 19.7 Å². The summed E-state index contributed by atoms with van der Waals surface area (Å²) in [5.41, 5.74) is 1.16. The zero-order valence-electron chi connectivity index (χ0n) is 12.9. The monoisotopic (exact) mass is 334 g/mol. The summed E-state index contributed by atoms with van der Waals surface area (Å²) in [6.07, 6.45) is 0.912. The van der Waals surface area contributed by atoms with Gasteiger partial charge in [-0.05, 0) is 30.0 Å². The molecule has 120 valence electrons. The molecule has 0 bridgehead atoms. The first kappa shape index (κ1) is 18.1. The molecule has 0 fully saturated rings. The minimum Gasteiger partial charge on any atom is -0.493 e. The van der Waals surface area contributed by atoms with E-state index >= 15 is 0 Å². The highest BCUT2D eigenvalue weighted by Gasteiger charge is 2.21. The van der Waals surface area contributed by atoms with Gasteiger partial charge in [-0.1, -0.05) is 26.8 Å². The molecule has 0 aromatic heterocycles. The molecule has 1 rings (SSSR count). The molecule has 0 amide bonds. The van der Waals surface area contributed by atoms with Crippen molar-refractivity contribution in [3.8, 4) is 11.5 Å². The fraction of sp³-hybridized carbons (Fsp3) is 0.600. The lowest BCUT2D eigenvalue weighted by Crippen LogP contribution is -2.24. The van der Waals surface area contributed by atoms with Crippen molar-refractivity contribution < 1.29 is 17.9 Å². The van der Waals surface area contributed by atoms with Crippen LogP contribution in [0.25, 0.3) is 0 Å². The van der Waals surface area contributed by atoms with Crippen molar-refractivity contribution in [1.29, 1.82) is 0 Å². The molecule has 4 nitrogen and oxygen atoms in total. The third kappa shape index (κ3) is 6.14. The van der Waals surface area contributed by atoms with Crippen LogP contribution in [0.2, 0.25) is 0 Å². The van der Waals surface area contributed by atoms with Crippen LogP contribution in [0.4, 0.5) is 0 Å². The van der Waals surface area contributed by atoms with E-state index in [1.54, 1.807) is 7.11 Å². The van der Waals surface area contributed by atoms with Crippen LogP contribution < -0.4 is 9.47 Å². The Kier molecular flexibility index (Phi) is 6.81. The quantitative estimate of drug-likeness (QED) is 0.683. The summed E-state index contributed by atoms with van der Waals surface area (Å²) in [6.45, 7) is 6.25. The molecule has 0 aliphatic rings. The molecule has 0 N–H and O–H groups in total. The summed E-state index contributed by atoms with van der Waals surface area (Å²) < 4.78 is 33.6. The van der Waals surface area contributed by atoms with Crippen molar-refractivity contribution in [2.24, 2.45) is 11.8 Å². The Morgan fingerprint density at radius 1 is 1.24 bits per heavy atom. The van der Waals surface area contributed by atoms with Gasteiger partial charge in [-0.25, -0.2) is 8.42 Å². The van der Waals surface area contributed by atoms with Gasteiger partial charge < -0.3 is 9.47 Å². The molecule has 0 saturated heterocycles. The number of rotatable bonds is 8. The second-order valence-corrected chi connectivity index (χ2v) is 8.18. The maximum Gasteiger partial charge on any atom is 0.233 e. The van der Waals surface area contributed by atoms with E-state index in [1.807, 2.05) is 32.0 Å². The number of hydrogen-bond acceptors (Lipinski definition) is 4. The van der Waals surface area contributed by atoms with E-state index in [2.05, 4.69) is 6.92 Å². The van der Waals surface area contributed by atoms with E-state index in [9.17, 15) is 8.42 Å². The third-order valence-corrected chi connectivity index (χ3v) is 4.65. The average molecular weight is 335 g/mol. The van der Waals surface area contributed by atoms with E-state index in [4.69, 9.17) is 20.2 Å². The standard InChI is InChI=1S/C15H23ClO4S/c1-5-12-6-7-14(15(8-12)19-4)20-9-13(11(2)3)10-21(16,17)18/h6-8,11,13H,5,9-10H2,1-4H3. The first-order valence-corrected chi connectivity index (χ1v) is 9.46. The summed E-state index contributed by atoms with van der Waals surface area (Å²) in [5, 5.41) is 0. The topological polar surface area (TPSA) is 52.6 Å². The van der Waals surface area contributed by atoms with Gasteiger partial charge in [-0.3, -0.25) is 0 Å². The smallest absolute Gasteiger partial charge is 0.233 e. The summed E-state index contributed by atoms with van der Waals surface area (Å²) in [7, 11) is 3.39. The van der Waals surface area contributed by atoms with Gasteiger partial charge in [0.1, 0.15) is 0 Å². The van der Waals surface area contributed by atoms with Gasteiger partial charge in [0.15, 0.2) is 11.5 Å². The molecular weight excluding hydrogens is 312 g/mol. The van der Waals surface area contributed by atoms with E-state index in [1.165, 1.54) is 0 Å². The maximum absolute atomic E-state index is 11.2. The van der Waals surface area contributed by atoms with Crippen LogP contribution in [-0.4, -0.2) is 27.9 Å². The molecule has 1 aromatic carbocycles. The average Bonchev–Trinajstić information content (AvgIpc) is 2.41. The molecule has 1 unspecified atom stereocenters. The summed E-state index contributed by atoms with van der Waals surface area (Å²) >= 11 is 0. The molecule has 0 saturated carbocycles. The SMILES string of the molecule is CCc1ccc(OCC(CS(=O)(=O)Cl)C(C)C)c(OC)c1. The zero-order valence-corrected chi connectivity index (χ0v) is 14.5. The van der Waals surface area contributed by atoms with Gasteiger partial charge in [0.25, 0.3) is 0 Å². The van der Waals surface area contributed by atoms with Gasteiger partial charge in [0.2, 0.25) is 9.05 Å². The van der Waals surface area contributed by atoms with Gasteiger partial charge in [0.05, 0.1) is 19.5 Å². The van der Waals surface area contributed by atoms with Gasteiger partial charge in [-0.15, -0.1) is 0 Å². The lowest BCUT2D eigenvalue weighted by molar-refractivity contribution is 0.217. The summed E-state index contributed by atoms with van der Waals surface area (Å²) in [5.74, 6) is 1.17. The van der Waals surface area contributed by atoms with E-state index < -0.39 is 9.05 Å². The molecule has 21 heavy (non-hydrogen) atoms. The molecule has 6 heteroatoms. The van der Waals surface area contributed by atoms with Crippen LogP contribution in [0, 0.1) is 11.8 Å². The van der Waals surface area contributed by atoms with Gasteiger partial charge in [0, 0.05) is 16.6 Å². The normalized spacial score (nSPS) is 13.2. The molecule has 1 aromatic rings. The lowest BCUT2D eigenvalue weighted by atomic mass is 9.99. The molecule has 1 atom stereocenters. The molecular formula is C15H23ClO4S. The first-order valence-electron chi connectivity index (χ1n) is 6.98. The van der Waals surface area contributed by atoms with Crippen molar-refractivity contribution in [1.82, 2.24) is 0 Å². The maximum atomic E-state index is 11.2. The van der Waals surface area contributed by atoms with Crippen LogP contribution in [0.3, 0.4) is 0 Å². The number of hydrogen-bond donors (Lipinski definition) is 0. The highest BCUT2D eigenvalue weighted by molar-refractivity contribution is 8.13. The molecule has 0 spiro atoms. The molecule has 0 aliphatic carbocycles. The van der Waals surface area contributed by atoms with E-state index in [0.717, 1.165) is 12.0 Å². The fourth-order valence-electron chi connectivity index (χ4n) is 1.94. The van der Waals surface area contributed by atoms with Crippen LogP contribution in [0.15, 0.2) is 18.2 Å². The Morgan fingerprint density at radius 3 is 2.38 bits per heavy atom. The van der Waals surface area contributed by atoms with Crippen molar-refractivity contribution in [3.05, 3.63) is 23.8 Å². The lowest BCUT2D eigenvalue weighted by Gasteiger charge is -2.20. The van der Waals surface area contributed by atoms with Crippen molar-refractivity contribution in [3.63, 3.8) is 0 Å². The number of halogens is 1. The fourth-order valence-corrected chi connectivity index (χ4v) is 3.41. The Bertz CT molecular complexity index is 555. The summed E-state index contributed by atoms with van der Waals surface area (Å²) in [6, 6.07) is 5.75. The van der Waals surface area contributed by atoms with E-state index in [-0.39, 0.29) is 24.2 Å². The van der Waals surface area contributed by atoms with Crippen LogP contribution >= 0.6 is 10.7 Å². The largest absolute Gasteiger partial charge is 0.493 e. The second kappa shape index (κ2) is 7.90. The number of methoxy groups -OCH3 is 1. The van der Waals surface area contributed by atoms with Gasteiger partial charge >= 0.3 is 0 Å². The highest BCUT2D eigenvalue weighted by atomic mass is 35.7. The Balaban J connectivity index is 2.80. The minimum atomic E-state index is -3.54. The van der Waals surface area contributed by atoms with Crippen molar-refractivity contribution in [2.75, 3.05) is 19.5 Å². The molecule has 0 aliphatic heterocycles. The predicted molar refractivity (Wildman–Crippen MR) is 85.8 cm³/mol. The zero-order chi connectivity index (χ0) is 16.0. The number of aryl methyl sites for hydroxylation is 1. The second-order valence-electron chi connectivity index (χ2n) is 5.36. The molecule has 0 heterocycles. The Morgan fingerprint density at radius 2 is 1.90 bits per heavy atom. The highest BCUT2D eigenvalue weighted by Crippen LogP contribution is 2.29. The van der Waals surface area contributed by atoms with Crippen molar-refractivity contribution in [2.45, 2.75) is 27.2 Å². The number of ether oxygens (including phenoxy) is 2. The van der Waals surface area contributed by atoms with Gasteiger partial charge in [-0.2, -0.15) is 0 Å². The van der Waals surface area contributed by atoms with Crippen LogP contribution in [-0.2, 0) is 15.5 Å². The van der Waals surface area contributed by atoms with Crippen LogP contribution in [0.1, 0.15) is 26.3 Å². The number of benzene rings is 1. The first-order chi connectivity index (χ1) is 9.76. The minimum absolute atomic E-state index is 0.0957. The predicted octanol–water partition coefficient (Wildman–Crippen LogP) is 3.48. The van der Waals surface area contributed by atoms with Crippen LogP contribution in [0.5, 0.6) is 11.5 Å². The van der Waals surface area contributed by atoms with E-state index in [0.29, 0.717) is 11.5 Å². The third-order valence-electron chi connectivity index (χ3n) is 3.45. The Hall–Kier alpha value is -0.940. The molecule has 0 radical (unpaired) electrons.